The van der Waals surface area contributed by atoms with Crippen molar-refractivity contribution in [3.8, 4) is 11.3 Å². The van der Waals surface area contributed by atoms with Gasteiger partial charge in [0.25, 0.3) is 0 Å². The normalized spacial score (nSPS) is 14.7. The summed E-state index contributed by atoms with van der Waals surface area (Å²) in [5, 5.41) is 6.69. The van der Waals surface area contributed by atoms with Gasteiger partial charge in [0.2, 0.25) is 5.95 Å². The van der Waals surface area contributed by atoms with Crippen molar-refractivity contribution in [2.24, 2.45) is 0 Å². The number of aromatic nitrogens is 2. The van der Waals surface area contributed by atoms with E-state index in [0.29, 0.717) is 23.5 Å². The summed E-state index contributed by atoms with van der Waals surface area (Å²) in [5.41, 5.74) is 2.52. The topological polar surface area (TPSA) is 49.8 Å². The summed E-state index contributed by atoms with van der Waals surface area (Å²) in [4.78, 5) is 9.34. The Kier molecular flexibility index (Phi) is 5.28. The number of nitrogens with one attached hydrogen (secondary N) is 2. The van der Waals surface area contributed by atoms with Gasteiger partial charge in [-0.15, -0.1) is 0 Å². The van der Waals surface area contributed by atoms with Gasteiger partial charge < -0.3 is 10.6 Å². The van der Waals surface area contributed by atoms with Crippen molar-refractivity contribution in [1.82, 2.24) is 9.97 Å². The van der Waals surface area contributed by atoms with E-state index < -0.39 is 0 Å². The van der Waals surface area contributed by atoms with Gasteiger partial charge in [-0.1, -0.05) is 55.7 Å². The molecular formula is C22H23FN4. The summed E-state index contributed by atoms with van der Waals surface area (Å²) in [6, 6.07) is 18.7. The largest absolute Gasteiger partial charge is 0.351 e. The molecule has 0 radical (unpaired) electrons. The molecule has 2 aromatic carbocycles. The van der Waals surface area contributed by atoms with Gasteiger partial charge in [0.1, 0.15) is 11.6 Å². The van der Waals surface area contributed by atoms with Crippen LogP contribution < -0.4 is 10.6 Å². The molecule has 4 nitrogen and oxygen atoms in total. The van der Waals surface area contributed by atoms with Crippen molar-refractivity contribution in [2.45, 2.75) is 38.1 Å². The van der Waals surface area contributed by atoms with Crippen LogP contribution in [0.5, 0.6) is 0 Å². The third kappa shape index (κ3) is 4.61. The number of hydrogen-bond donors (Lipinski definition) is 2. The molecule has 1 aliphatic carbocycles. The second-order valence-electron chi connectivity index (χ2n) is 6.94. The average molecular weight is 362 g/mol. The SMILES string of the molecule is Fc1cccc(Nc2cc(-c3ccccc3)nc(NC3CCCCC3)n2)c1. The second-order valence-corrected chi connectivity index (χ2v) is 6.94. The fourth-order valence-electron chi connectivity index (χ4n) is 3.48. The van der Waals surface area contributed by atoms with Crippen molar-refractivity contribution in [1.29, 1.82) is 0 Å². The molecule has 1 fully saturated rings. The molecule has 2 N–H and O–H groups in total. The Morgan fingerprint density at radius 2 is 1.67 bits per heavy atom. The van der Waals surface area contributed by atoms with Gasteiger partial charge in [-0.3, -0.25) is 0 Å². The summed E-state index contributed by atoms with van der Waals surface area (Å²) in [7, 11) is 0. The molecule has 3 aromatic rings. The molecule has 1 aromatic heterocycles. The zero-order chi connectivity index (χ0) is 18.5. The zero-order valence-electron chi connectivity index (χ0n) is 15.2. The number of halogens is 1. The standard InChI is InChI=1S/C22H23FN4/c23-17-10-7-13-19(14-17)24-21-15-20(16-8-3-1-4-9-16)26-22(27-21)25-18-11-5-2-6-12-18/h1,3-4,7-10,13-15,18H,2,5-6,11-12H2,(H2,24,25,26,27). The maximum Gasteiger partial charge on any atom is 0.225 e. The van der Waals surface area contributed by atoms with Gasteiger partial charge in [0.05, 0.1) is 5.69 Å². The van der Waals surface area contributed by atoms with Crippen LogP contribution in [-0.2, 0) is 0 Å². The molecule has 0 bridgehead atoms. The minimum absolute atomic E-state index is 0.280. The monoisotopic (exact) mass is 362 g/mol. The minimum atomic E-state index is -0.280. The average Bonchev–Trinajstić information content (AvgIpc) is 2.69. The highest BCUT2D eigenvalue weighted by atomic mass is 19.1. The molecule has 0 aliphatic heterocycles. The number of anilines is 3. The van der Waals surface area contributed by atoms with Crippen molar-refractivity contribution >= 4 is 17.5 Å². The van der Waals surface area contributed by atoms with E-state index in [9.17, 15) is 4.39 Å². The van der Waals surface area contributed by atoms with Crippen molar-refractivity contribution in [2.75, 3.05) is 10.6 Å². The van der Waals surface area contributed by atoms with E-state index in [-0.39, 0.29) is 5.82 Å². The van der Waals surface area contributed by atoms with E-state index in [1.807, 2.05) is 42.5 Å². The van der Waals surface area contributed by atoms with Gasteiger partial charge in [-0.25, -0.2) is 9.37 Å². The summed E-state index contributed by atoms with van der Waals surface area (Å²) >= 11 is 0. The van der Waals surface area contributed by atoms with Crippen LogP contribution in [0.2, 0.25) is 0 Å². The Bertz CT molecular complexity index is 892. The number of benzene rings is 2. The van der Waals surface area contributed by atoms with Gasteiger partial charge in [0, 0.05) is 23.4 Å². The first-order valence-corrected chi connectivity index (χ1v) is 9.50. The van der Waals surface area contributed by atoms with Gasteiger partial charge >= 0.3 is 0 Å². The first-order valence-electron chi connectivity index (χ1n) is 9.50. The summed E-state index contributed by atoms with van der Waals surface area (Å²) < 4.78 is 13.5. The first kappa shape index (κ1) is 17.5. The first-order chi connectivity index (χ1) is 13.3. The Hall–Kier alpha value is -2.95. The lowest BCUT2D eigenvalue weighted by Gasteiger charge is -2.23. The fraction of sp³-hybridized carbons (Fsp3) is 0.273. The fourth-order valence-corrected chi connectivity index (χ4v) is 3.48. The lowest BCUT2D eigenvalue weighted by Crippen LogP contribution is -2.23. The van der Waals surface area contributed by atoms with E-state index in [0.717, 1.165) is 24.1 Å². The Morgan fingerprint density at radius 3 is 2.44 bits per heavy atom. The molecule has 1 heterocycles. The van der Waals surface area contributed by atoms with Crippen molar-refractivity contribution < 1.29 is 4.39 Å². The van der Waals surface area contributed by atoms with Crippen LogP contribution in [0, 0.1) is 5.82 Å². The Balaban J connectivity index is 1.65. The van der Waals surface area contributed by atoms with Crippen LogP contribution in [0.3, 0.4) is 0 Å². The predicted molar refractivity (Wildman–Crippen MR) is 108 cm³/mol. The highest BCUT2D eigenvalue weighted by Crippen LogP contribution is 2.26. The molecule has 1 saturated carbocycles. The molecule has 0 spiro atoms. The number of nitrogens with zero attached hydrogens (tertiary/aromatic N) is 2. The lowest BCUT2D eigenvalue weighted by molar-refractivity contribution is 0.461. The number of hydrogen-bond acceptors (Lipinski definition) is 4. The van der Waals surface area contributed by atoms with Gasteiger partial charge in [-0.05, 0) is 31.0 Å². The Labute approximate surface area is 158 Å². The molecule has 27 heavy (non-hydrogen) atoms. The Morgan fingerprint density at radius 1 is 0.852 bits per heavy atom. The van der Waals surface area contributed by atoms with E-state index in [4.69, 9.17) is 4.98 Å². The molecule has 138 valence electrons. The smallest absolute Gasteiger partial charge is 0.225 e. The maximum absolute atomic E-state index is 13.5. The third-order valence-corrected chi connectivity index (χ3v) is 4.83. The van der Waals surface area contributed by atoms with Crippen LogP contribution >= 0.6 is 0 Å². The molecule has 0 amide bonds. The molecule has 4 rings (SSSR count). The quantitative estimate of drug-likeness (QED) is 0.605. The molecule has 0 unspecified atom stereocenters. The number of rotatable bonds is 5. The van der Waals surface area contributed by atoms with Gasteiger partial charge in [-0.2, -0.15) is 4.98 Å². The van der Waals surface area contributed by atoms with E-state index >= 15 is 0 Å². The highest BCUT2D eigenvalue weighted by Gasteiger charge is 2.15. The van der Waals surface area contributed by atoms with Crippen molar-refractivity contribution in [3.05, 3.63) is 66.5 Å². The third-order valence-electron chi connectivity index (χ3n) is 4.83. The van der Waals surface area contributed by atoms with Crippen LogP contribution in [0.1, 0.15) is 32.1 Å². The molecule has 1 aliphatic rings. The van der Waals surface area contributed by atoms with Crippen LogP contribution in [0.4, 0.5) is 21.8 Å². The van der Waals surface area contributed by atoms with E-state index in [1.54, 1.807) is 6.07 Å². The van der Waals surface area contributed by atoms with Gasteiger partial charge in [0.15, 0.2) is 0 Å². The van der Waals surface area contributed by atoms with Crippen molar-refractivity contribution in [3.63, 3.8) is 0 Å². The van der Waals surface area contributed by atoms with E-state index in [2.05, 4.69) is 15.6 Å². The van der Waals surface area contributed by atoms with Crippen LogP contribution in [0.25, 0.3) is 11.3 Å². The zero-order valence-corrected chi connectivity index (χ0v) is 15.2. The highest BCUT2D eigenvalue weighted by molar-refractivity contribution is 5.67. The molecule has 0 atom stereocenters. The van der Waals surface area contributed by atoms with Crippen LogP contribution in [-0.4, -0.2) is 16.0 Å². The van der Waals surface area contributed by atoms with E-state index in [1.165, 1.54) is 31.4 Å². The molecular weight excluding hydrogens is 339 g/mol. The summed E-state index contributed by atoms with van der Waals surface area (Å²) in [6.45, 7) is 0. The lowest BCUT2D eigenvalue weighted by atomic mass is 9.96. The maximum atomic E-state index is 13.5. The van der Waals surface area contributed by atoms with Crippen LogP contribution in [0.15, 0.2) is 60.7 Å². The predicted octanol–water partition coefficient (Wildman–Crippen LogP) is 5.77. The molecule has 5 heteroatoms. The summed E-state index contributed by atoms with van der Waals surface area (Å²) in [5.74, 6) is 0.979. The second kappa shape index (κ2) is 8.16. The summed E-state index contributed by atoms with van der Waals surface area (Å²) in [6.07, 6.45) is 6.07. The molecule has 0 saturated heterocycles. The minimum Gasteiger partial charge on any atom is -0.351 e.